The van der Waals surface area contributed by atoms with Crippen LogP contribution in [-0.4, -0.2) is 14.2 Å². The van der Waals surface area contributed by atoms with E-state index >= 15 is 0 Å². The molecule has 2 unspecified atom stereocenters. The zero-order chi connectivity index (χ0) is 12.4. The zero-order valence-electron chi connectivity index (χ0n) is 10.7. The minimum absolute atomic E-state index is 0.439. The summed E-state index contributed by atoms with van der Waals surface area (Å²) in [4.78, 5) is 0. The number of rotatable bonds is 2. The van der Waals surface area contributed by atoms with Crippen molar-refractivity contribution in [3.8, 4) is 5.75 Å². The first-order valence-electron chi connectivity index (χ1n) is 6.19. The smallest absolute Gasteiger partial charge is 0.120 e. The van der Waals surface area contributed by atoms with E-state index in [9.17, 15) is 0 Å². The Morgan fingerprint density at radius 2 is 2.18 bits per heavy atom. The van der Waals surface area contributed by atoms with Gasteiger partial charge >= 0.3 is 0 Å². The van der Waals surface area contributed by atoms with E-state index in [2.05, 4.69) is 40.3 Å². The highest BCUT2D eigenvalue weighted by Gasteiger charge is 2.23. The molecular formula is C14H20BrNO. The second kappa shape index (κ2) is 5.40. The molecule has 2 atom stereocenters. The summed E-state index contributed by atoms with van der Waals surface area (Å²) in [5.41, 5.74) is 2.83. The van der Waals surface area contributed by atoms with Crippen LogP contribution in [-0.2, 0) is 6.42 Å². The van der Waals surface area contributed by atoms with Gasteiger partial charge in [0, 0.05) is 10.5 Å². The van der Waals surface area contributed by atoms with Crippen LogP contribution in [0.3, 0.4) is 0 Å². The van der Waals surface area contributed by atoms with Crippen LogP contribution in [0.1, 0.15) is 36.9 Å². The molecule has 0 amide bonds. The third kappa shape index (κ3) is 2.66. The molecule has 0 aliphatic heterocycles. The molecule has 1 aliphatic rings. The summed E-state index contributed by atoms with van der Waals surface area (Å²) in [5.74, 6) is 1.70. The van der Waals surface area contributed by atoms with Crippen LogP contribution in [0.4, 0.5) is 0 Å². The van der Waals surface area contributed by atoms with E-state index in [-0.39, 0.29) is 0 Å². The molecule has 0 aromatic heterocycles. The lowest BCUT2D eigenvalue weighted by atomic mass is 9.97. The average molecular weight is 298 g/mol. The Bertz CT molecular complexity index is 405. The van der Waals surface area contributed by atoms with Crippen molar-refractivity contribution in [3.63, 3.8) is 0 Å². The third-order valence-electron chi connectivity index (χ3n) is 3.69. The van der Waals surface area contributed by atoms with Crippen molar-refractivity contribution in [2.24, 2.45) is 5.92 Å². The Kier molecular flexibility index (Phi) is 4.10. The van der Waals surface area contributed by atoms with Crippen LogP contribution in [0.15, 0.2) is 16.6 Å². The van der Waals surface area contributed by atoms with Crippen molar-refractivity contribution in [2.45, 2.75) is 32.2 Å². The number of hydrogen-bond donors (Lipinski definition) is 1. The fourth-order valence-electron chi connectivity index (χ4n) is 2.64. The SMILES string of the molecule is CNC1CC(C)CCc2c(Br)cc(OC)cc21. The molecule has 0 radical (unpaired) electrons. The topological polar surface area (TPSA) is 21.3 Å². The van der Waals surface area contributed by atoms with Crippen LogP contribution in [0, 0.1) is 5.92 Å². The number of nitrogens with one attached hydrogen (secondary N) is 1. The molecule has 1 aromatic carbocycles. The number of ether oxygens (including phenoxy) is 1. The second-order valence-corrected chi connectivity index (χ2v) is 5.75. The number of fused-ring (bicyclic) bond motifs is 1. The number of methoxy groups -OCH3 is 1. The first-order valence-corrected chi connectivity index (χ1v) is 6.98. The van der Waals surface area contributed by atoms with Gasteiger partial charge < -0.3 is 10.1 Å². The Morgan fingerprint density at radius 1 is 1.41 bits per heavy atom. The van der Waals surface area contributed by atoms with E-state index in [1.54, 1.807) is 7.11 Å². The van der Waals surface area contributed by atoms with Crippen LogP contribution in [0.25, 0.3) is 0 Å². The molecule has 1 N–H and O–H groups in total. The second-order valence-electron chi connectivity index (χ2n) is 4.90. The van der Waals surface area contributed by atoms with Gasteiger partial charge in [-0.05, 0) is 55.5 Å². The predicted octanol–water partition coefficient (Wildman–Crippen LogP) is 3.69. The summed E-state index contributed by atoms with van der Waals surface area (Å²) < 4.78 is 6.55. The Hall–Kier alpha value is -0.540. The number of benzene rings is 1. The molecule has 2 nitrogen and oxygen atoms in total. The summed E-state index contributed by atoms with van der Waals surface area (Å²) in [6, 6.07) is 4.69. The molecular weight excluding hydrogens is 278 g/mol. The lowest BCUT2D eigenvalue weighted by molar-refractivity contribution is 0.409. The minimum Gasteiger partial charge on any atom is -0.497 e. The molecule has 17 heavy (non-hydrogen) atoms. The van der Waals surface area contributed by atoms with Gasteiger partial charge in [-0.1, -0.05) is 22.9 Å². The number of hydrogen-bond acceptors (Lipinski definition) is 2. The van der Waals surface area contributed by atoms with Gasteiger partial charge in [-0.2, -0.15) is 0 Å². The maximum Gasteiger partial charge on any atom is 0.120 e. The van der Waals surface area contributed by atoms with Crippen molar-refractivity contribution < 1.29 is 4.74 Å². The van der Waals surface area contributed by atoms with E-state index in [0.29, 0.717) is 6.04 Å². The summed E-state index contributed by atoms with van der Waals surface area (Å²) in [6.07, 6.45) is 3.61. The van der Waals surface area contributed by atoms with Gasteiger partial charge in [0.2, 0.25) is 0 Å². The number of halogens is 1. The highest BCUT2D eigenvalue weighted by Crippen LogP contribution is 2.37. The van der Waals surface area contributed by atoms with E-state index in [1.807, 2.05) is 7.05 Å². The molecule has 2 rings (SSSR count). The van der Waals surface area contributed by atoms with E-state index in [1.165, 1.54) is 28.4 Å². The molecule has 0 spiro atoms. The van der Waals surface area contributed by atoms with Crippen LogP contribution < -0.4 is 10.1 Å². The summed E-state index contributed by atoms with van der Waals surface area (Å²) in [5, 5.41) is 3.43. The first-order chi connectivity index (χ1) is 8.15. The highest BCUT2D eigenvalue weighted by atomic mass is 79.9. The molecule has 0 fully saturated rings. The van der Waals surface area contributed by atoms with Crippen molar-refractivity contribution in [1.82, 2.24) is 5.32 Å². The Morgan fingerprint density at radius 3 is 2.82 bits per heavy atom. The minimum atomic E-state index is 0.439. The molecule has 0 saturated heterocycles. The molecule has 0 heterocycles. The van der Waals surface area contributed by atoms with Crippen molar-refractivity contribution in [3.05, 3.63) is 27.7 Å². The largest absolute Gasteiger partial charge is 0.497 e. The van der Waals surface area contributed by atoms with Crippen LogP contribution >= 0.6 is 15.9 Å². The van der Waals surface area contributed by atoms with Crippen molar-refractivity contribution in [1.29, 1.82) is 0 Å². The summed E-state index contributed by atoms with van der Waals surface area (Å²) in [6.45, 7) is 2.33. The maximum atomic E-state index is 5.36. The van der Waals surface area contributed by atoms with Crippen LogP contribution in [0.5, 0.6) is 5.75 Å². The van der Waals surface area contributed by atoms with Gasteiger partial charge in [0.1, 0.15) is 5.75 Å². The Balaban J connectivity index is 2.48. The molecule has 94 valence electrons. The first kappa shape index (κ1) is 12.9. The zero-order valence-corrected chi connectivity index (χ0v) is 12.3. The van der Waals surface area contributed by atoms with E-state index in [0.717, 1.165) is 18.1 Å². The maximum absolute atomic E-state index is 5.36. The van der Waals surface area contributed by atoms with Crippen LogP contribution in [0.2, 0.25) is 0 Å². The fourth-order valence-corrected chi connectivity index (χ4v) is 3.29. The van der Waals surface area contributed by atoms with E-state index < -0.39 is 0 Å². The van der Waals surface area contributed by atoms with Gasteiger partial charge in [0.25, 0.3) is 0 Å². The highest BCUT2D eigenvalue weighted by molar-refractivity contribution is 9.10. The van der Waals surface area contributed by atoms with Crippen molar-refractivity contribution >= 4 is 15.9 Å². The normalized spacial score (nSPS) is 24.0. The Labute approximate surface area is 112 Å². The summed E-state index contributed by atoms with van der Waals surface area (Å²) in [7, 11) is 3.77. The summed E-state index contributed by atoms with van der Waals surface area (Å²) >= 11 is 3.68. The van der Waals surface area contributed by atoms with Gasteiger partial charge in [-0.3, -0.25) is 0 Å². The molecule has 3 heteroatoms. The molecule has 1 aliphatic carbocycles. The predicted molar refractivity (Wildman–Crippen MR) is 74.6 cm³/mol. The monoisotopic (exact) mass is 297 g/mol. The fraction of sp³-hybridized carbons (Fsp3) is 0.571. The van der Waals surface area contributed by atoms with Crippen molar-refractivity contribution in [2.75, 3.05) is 14.2 Å². The van der Waals surface area contributed by atoms with E-state index in [4.69, 9.17) is 4.74 Å². The van der Waals surface area contributed by atoms with Gasteiger partial charge in [-0.25, -0.2) is 0 Å². The lowest BCUT2D eigenvalue weighted by Gasteiger charge is -2.20. The lowest BCUT2D eigenvalue weighted by Crippen LogP contribution is -2.18. The third-order valence-corrected chi connectivity index (χ3v) is 4.40. The molecule has 0 saturated carbocycles. The standard InChI is InChI=1S/C14H20BrNO/c1-9-4-5-11-12(14(6-9)16-2)7-10(17-3)8-13(11)15/h7-9,14,16H,4-6H2,1-3H3. The quantitative estimate of drug-likeness (QED) is 0.841. The average Bonchev–Trinajstić information content (AvgIpc) is 2.48. The van der Waals surface area contributed by atoms with Gasteiger partial charge in [0.05, 0.1) is 7.11 Å². The molecule has 1 aromatic rings. The van der Waals surface area contributed by atoms with Gasteiger partial charge in [0.15, 0.2) is 0 Å². The molecule has 0 bridgehead atoms. The van der Waals surface area contributed by atoms with Gasteiger partial charge in [-0.15, -0.1) is 0 Å².